The van der Waals surface area contributed by atoms with Crippen molar-refractivity contribution >= 4 is 22.5 Å². The molecule has 4 N–H and O–H groups in total. The van der Waals surface area contributed by atoms with E-state index < -0.39 is 0 Å². The number of aromatic nitrogens is 4. The minimum Gasteiger partial charge on any atom is -0.332 e. The molecule has 1 amide bonds. The van der Waals surface area contributed by atoms with Gasteiger partial charge in [-0.1, -0.05) is 36.4 Å². The molecule has 0 spiro atoms. The highest BCUT2D eigenvalue weighted by molar-refractivity contribution is 6.06. The second-order valence-corrected chi connectivity index (χ2v) is 7.61. The molecule has 5 aromatic rings. The van der Waals surface area contributed by atoms with E-state index in [0.717, 1.165) is 16.5 Å². The van der Waals surface area contributed by atoms with Crippen LogP contribution in [0, 0.1) is 5.82 Å². The zero-order valence-electron chi connectivity index (χ0n) is 17.6. The Hall–Kier alpha value is -4.30. The van der Waals surface area contributed by atoms with Gasteiger partial charge in [-0.3, -0.25) is 9.89 Å². The number of halogens is 1. The zero-order chi connectivity index (χ0) is 22.8. The SMILES string of the molecule is NCc1nc(-c2ccc(NC(=O)c3cc4ccccc4n3Cc3ccccc3F)cc2)n[nH]1. The molecular weight excluding hydrogens is 419 g/mol. The summed E-state index contributed by atoms with van der Waals surface area (Å²) >= 11 is 0. The molecule has 2 heterocycles. The summed E-state index contributed by atoms with van der Waals surface area (Å²) in [6, 6.07) is 23.3. The first kappa shape index (κ1) is 20.6. The van der Waals surface area contributed by atoms with Crippen molar-refractivity contribution in [1.82, 2.24) is 19.7 Å². The predicted octanol–water partition coefficient (Wildman–Crippen LogP) is 4.32. The van der Waals surface area contributed by atoms with Crippen molar-refractivity contribution in [2.75, 3.05) is 5.32 Å². The number of H-pyrrole nitrogens is 1. The number of fused-ring (bicyclic) bond motifs is 1. The summed E-state index contributed by atoms with van der Waals surface area (Å²) in [4.78, 5) is 17.5. The number of nitrogens with two attached hydrogens (primary N) is 1. The van der Waals surface area contributed by atoms with Gasteiger partial charge in [-0.25, -0.2) is 9.37 Å². The van der Waals surface area contributed by atoms with Crippen molar-refractivity contribution in [2.45, 2.75) is 13.1 Å². The fourth-order valence-corrected chi connectivity index (χ4v) is 3.78. The summed E-state index contributed by atoms with van der Waals surface area (Å²) in [6.07, 6.45) is 0. The van der Waals surface area contributed by atoms with Gasteiger partial charge in [0.25, 0.3) is 5.91 Å². The molecule has 0 radical (unpaired) electrons. The fourth-order valence-electron chi connectivity index (χ4n) is 3.78. The number of nitrogens with zero attached hydrogens (tertiary/aromatic N) is 3. The summed E-state index contributed by atoms with van der Waals surface area (Å²) in [5.41, 5.74) is 8.82. The molecule has 0 fully saturated rings. The molecule has 0 unspecified atom stereocenters. The number of para-hydroxylation sites is 1. The van der Waals surface area contributed by atoms with Gasteiger partial charge in [0.1, 0.15) is 17.3 Å². The van der Waals surface area contributed by atoms with E-state index in [1.807, 2.05) is 47.0 Å². The van der Waals surface area contributed by atoms with E-state index in [0.29, 0.717) is 28.6 Å². The maximum Gasteiger partial charge on any atom is 0.272 e. The Morgan fingerprint density at radius 3 is 2.55 bits per heavy atom. The van der Waals surface area contributed by atoms with Crippen LogP contribution in [0.15, 0.2) is 78.9 Å². The smallest absolute Gasteiger partial charge is 0.272 e. The van der Waals surface area contributed by atoms with Gasteiger partial charge in [-0.05, 0) is 42.5 Å². The monoisotopic (exact) mass is 440 g/mol. The Morgan fingerprint density at radius 2 is 1.79 bits per heavy atom. The highest BCUT2D eigenvalue weighted by Gasteiger charge is 2.17. The number of rotatable bonds is 6. The van der Waals surface area contributed by atoms with Gasteiger partial charge >= 0.3 is 0 Å². The van der Waals surface area contributed by atoms with Crippen LogP contribution in [-0.2, 0) is 13.1 Å². The molecule has 0 saturated carbocycles. The van der Waals surface area contributed by atoms with Crippen molar-refractivity contribution in [2.24, 2.45) is 5.73 Å². The van der Waals surface area contributed by atoms with Crippen LogP contribution >= 0.6 is 0 Å². The Labute approximate surface area is 189 Å². The van der Waals surface area contributed by atoms with E-state index in [1.54, 1.807) is 30.3 Å². The van der Waals surface area contributed by atoms with Crippen LogP contribution in [0.3, 0.4) is 0 Å². The molecule has 8 heteroatoms. The zero-order valence-corrected chi connectivity index (χ0v) is 17.6. The molecule has 7 nitrogen and oxygen atoms in total. The third kappa shape index (κ3) is 4.11. The molecule has 0 aliphatic carbocycles. The molecule has 33 heavy (non-hydrogen) atoms. The molecule has 0 atom stereocenters. The number of hydrogen-bond donors (Lipinski definition) is 3. The average Bonchev–Trinajstić information content (AvgIpc) is 3.46. The summed E-state index contributed by atoms with van der Waals surface area (Å²) in [7, 11) is 0. The van der Waals surface area contributed by atoms with Crippen LogP contribution in [0.2, 0.25) is 0 Å². The third-order valence-corrected chi connectivity index (χ3v) is 5.46. The fraction of sp³-hybridized carbons (Fsp3) is 0.0800. The molecule has 0 saturated heterocycles. The Morgan fingerprint density at radius 1 is 1.03 bits per heavy atom. The number of anilines is 1. The van der Waals surface area contributed by atoms with Crippen LogP contribution in [-0.4, -0.2) is 25.7 Å². The largest absolute Gasteiger partial charge is 0.332 e. The van der Waals surface area contributed by atoms with Gasteiger partial charge in [-0.15, -0.1) is 0 Å². The summed E-state index contributed by atoms with van der Waals surface area (Å²) < 4.78 is 16.2. The van der Waals surface area contributed by atoms with Crippen LogP contribution in [0.5, 0.6) is 0 Å². The van der Waals surface area contributed by atoms with E-state index >= 15 is 0 Å². The number of benzene rings is 3. The van der Waals surface area contributed by atoms with Crippen LogP contribution < -0.4 is 11.1 Å². The van der Waals surface area contributed by atoms with Gasteiger partial charge in [0, 0.05) is 27.7 Å². The summed E-state index contributed by atoms with van der Waals surface area (Å²) in [5, 5.41) is 10.8. The molecule has 0 bridgehead atoms. The first-order chi connectivity index (χ1) is 16.1. The van der Waals surface area contributed by atoms with Crippen LogP contribution in [0.4, 0.5) is 10.1 Å². The normalized spacial score (nSPS) is 11.1. The van der Waals surface area contributed by atoms with Gasteiger partial charge in [0.05, 0.1) is 13.1 Å². The number of amides is 1. The number of carbonyl (C=O) groups excluding carboxylic acids is 1. The van der Waals surface area contributed by atoms with Crippen molar-refractivity contribution in [3.8, 4) is 11.4 Å². The van der Waals surface area contributed by atoms with Crippen molar-refractivity contribution < 1.29 is 9.18 Å². The highest BCUT2D eigenvalue weighted by Crippen LogP contribution is 2.24. The highest BCUT2D eigenvalue weighted by atomic mass is 19.1. The standard InChI is InChI=1S/C25H21FN6O/c26-20-7-3-1-6-18(20)15-32-21-8-4-2-5-17(21)13-22(32)25(33)28-19-11-9-16(10-12-19)24-29-23(14-27)30-31-24/h1-13H,14-15,27H2,(H,28,33)(H,29,30,31). The lowest BCUT2D eigenvalue weighted by molar-refractivity contribution is 0.101. The van der Waals surface area contributed by atoms with E-state index in [2.05, 4.69) is 20.5 Å². The lowest BCUT2D eigenvalue weighted by atomic mass is 10.2. The van der Waals surface area contributed by atoms with Gasteiger partial charge in [0.2, 0.25) is 0 Å². The second kappa shape index (κ2) is 8.68. The molecule has 3 aromatic carbocycles. The molecule has 5 rings (SSSR count). The van der Waals surface area contributed by atoms with Gasteiger partial charge in [-0.2, -0.15) is 5.10 Å². The molecule has 0 aliphatic heterocycles. The minimum absolute atomic E-state index is 0.246. The topological polar surface area (TPSA) is 102 Å². The van der Waals surface area contributed by atoms with E-state index in [9.17, 15) is 9.18 Å². The Kier molecular flexibility index (Phi) is 5.42. The summed E-state index contributed by atoms with van der Waals surface area (Å²) in [5.74, 6) is 0.559. The van der Waals surface area contributed by atoms with Crippen molar-refractivity contribution in [3.05, 3.63) is 102 Å². The second-order valence-electron chi connectivity index (χ2n) is 7.61. The Bertz CT molecular complexity index is 1440. The first-order valence-corrected chi connectivity index (χ1v) is 10.5. The molecule has 2 aromatic heterocycles. The molecular formula is C25H21FN6O. The maximum atomic E-state index is 14.3. The van der Waals surface area contributed by atoms with Gasteiger partial charge < -0.3 is 15.6 Å². The van der Waals surface area contributed by atoms with Crippen LogP contribution in [0.1, 0.15) is 21.9 Å². The van der Waals surface area contributed by atoms with Crippen molar-refractivity contribution in [3.63, 3.8) is 0 Å². The van der Waals surface area contributed by atoms with Crippen LogP contribution in [0.25, 0.3) is 22.3 Å². The Balaban J connectivity index is 1.43. The predicted molar refractivity (Wildman–Crippen MR) is 125 cm³/mol. The lowest BCUT2D eigenvalue weighted by Crippen LogP contribution is -2.17. The maximum absolute atomic E-state index is 14.3. The first-order valence-electron chi connectivity index (χ1n) is 10.5. The number of nitrogens with one attached hydrogen (secondary N) is 2. The lowest BCUT2D eigenvalue weighted by Gasteiger charge is -2.12. The van der Waals surface area contributed by atoms with Gasteiger partial charge in [0.15, 0.2) is 5.82 Å². The number of aromatic amines is 1. The molecule has 164 valence electrons. The van der Waals surface area contributed by atoms with Crippen molar-refractivity contribution in [1.29, 1.82) is 0 Å². The third-order valence-electron chi connectivity index (χ3n) is 5.46. The quantitative estimate of drug-likeness (QED) is 0.366. The van der Waals surface area contributed by atoms with E-state index in [1.165, 1.54) is 6.07 Å². The number of hydrogen-bond acceptors (Lipinski definition) is 4. The van der Waals surface area contributed by atoms with E-state index in [-0.39, 0.29) is 24.8 Å². The minimum atomic E-state index is -0.304. The average molecular weight is 440 g/mol. The number of carbonyl (C=O) groups is 1. The van der Waals surface area contributed by atoms with E-state index in [4.69, 9.17) is 5.73 Å². The molecule has 0 aliphatic rings. The summed E-state index contributed by atoms with van der Waals surface area (Å²) in [6.45, 7) is 0.526.